The van der Waals surface area contributed by atoms with Crippen molar-refractivity contribution in [2.75, 3.05) is 26.5 Å². The lowest BCUT2D eigenvalue weighted by Gasteiger charge is -2.29. The topological polar surface area (TPSA) is 35.6 Å². The summed E-state index contributed by atoms with van der Waals surface area (Å²) in [6.07, 6.45) is 2.79. The lowest BCUT2D eigenvalue weighted by Crippen LogP contribution is -2.26. The van der Waals surface area contributed by atoms with E-state index in [0.29, 0.717) is 17.5 Å². The number of rotatable bonds is 4. The monoisotopic (exact) mass is 337 g/mol. The molecule has 0 unspecified atom stereocenters. The molecule has 0 spiro atoms. The van der Waals surface area contributed by atoms with Crippen molar-refractivity contribution in [3.8, 4) is 0 Å². The van der Waals surface area contributed by atoms with E-state index >= 15 is 0 Å². The van der Waals surface area contributed by atoms with E-state index in [1.54, 1.807) is 30.9 Å². The van der Waals surface area contributed by atoms with E-state index in [0.717, 1.165) is 21.8 Å². The predicted molar refractivity (Wildman–Crippen MR) is 92.8 cm³/mol. The van der Waals surface area contributed by atoms with Crippen molar-refractivity contribution in [1.82, 2.24) is 9.21 Å². The lowest BCUT2D eigenvalue weighted by atomic mass is 10.1. The molecular weight excluding hydrogens is 318 g/mol. The molecule has 0 atom stereocenters. The fourth-order valence-corrected chi connectivity index (χ4v) is 3.73. The summed E-state index contributed by atoms with van der Waals surface area (Å²) in [6, 6.07) is 6.89. The predicted octanol–water partition coefficient (Wildman–Crippen LogP) is 3.60. The van der Waals surface area contributed by atoms with Gasteiger partial charge in [-0.2, -0.15) is 0 Å². The van der Waals surface area contributed by atoms with Crippen molar-refractivity contribution in [3.63, 3.8) is 0 Å². The highest BCUT2D eigenvalue weighted by molar-refractivity contribution is 7.97. The Balaban J connectivity index is 1.91. The van der Waals surface area contributed by atoms with Gasteiger partial charge in [0.1, 0.15) is 0 Å². The van der Waals surface area contributed by atoms with Gasteiger partial charge in [0.05, 0.1) is 17.2 Å². The quantitative estimate of drug-likeness (QED) is 0.851. The second-order valence-corrected chi connectivity index (χ2v) is 7.49. The van der Waals surface area contributed by atoms with E-state index in [-0.39, 0.29) is 5.91 Å². The van der Waals surface area contributed by atoms with Crippen LogP contribution in [0.4, 0.5) is 5.69 Å². The molecule has 0 radical (unpaired) electrons. The van der Waals surface area contributed by atoms with Gasteiger partial charge in [-0.15, -0.1) is 0 Å². The van der Waals surface area contributed by atoms with Crippen LogP contribution in [0.5, 0.6) is 0 Å². The highest BCUT2D eigenvalue weighted by Gasteiger charge is 2.26. The Morgan fingerprint density at radius 1 is 1.45 bits per heavy atom. The molecule has 1 N–H and O–H groups in total. The van der Waals surface area contributed by atoms with Crippen molar-refractivity contribution in [2.24, 2.45) is 0 Å². The minimum Gasteiger partial charge on any atom is -0.382 e. The Hall–Kier alpha value is -1.33. The molecule has 1 saturated carbocycles. The van der Waals surface area contributed by atoms with Gasteiger partial charge in [0.15, 0.2) is 0 Å². The van der Waals surface area contributed by atoms with Gasteiger partial charge in [-0.05, 0) is 43.0 Å². The first-order chi connectivity index (χ1) is 10.5. The van der Waals surface area contributed by atoms with Gasteiger partial charge < -0.3 is 14.5 Å². The van der Waals surface area contributed by atoms with Crippen LogP contribution in [0.15, 0.2) is 28.8 Å². The van der Waals surface area contributed by atoms with Crippen LogP contribution in [-0.4, -0.2) is 42.3 Å². The third-order valence-electron chi connectivity index (χ3n) is 3.85. The van der Waals surface area contributed by atoms with Gasteiger partial charge in [-0.25, -0.2) is 0 Å². The standard InChI is InChI=1S/C16H20ClN3OS/c1-19(2)15(21)9-13-16(17)12-8-11(18-10-4-5-10)6-7-14(12)22-20(13)3/h6-8,10,18H,4-5,9H2,1-3H3. The molecule has 2 aliphatic rings. The van der Waals surface area contributed by atoms with Crippen LogP contribution >= 0.6 is 23.5 Å². The van der Waals surface area contributed by atoms with E-state index < -0.39 is 0 Å². The van der Waals surface area contributed by atoms with E-state index in [4.69, 9.17) is 11.6 Å². The second kappa shape index (κ2) is 6.05. The molecular formula is C16H20ClN3OS. The lowest BCUT2D eigenvalue weighted by molar-refractivity contribution is -0.128. The molecule has 22 heavy (non-hydrogen) atoms. The molecule has 1 aromatic rings. The smallest absolute Gasteiger partial charge is 0.228 e. The zero-order valence-electron chi connectivity index (χ0n) is 13.0. The molecule has 1 amide bonds. The van der Waals surface area contributed by atoms with Gasteiger partial charge in [0.2, 0.25) is 5.91 Å². The van der Waals surface area contributed by atoms with Gasteiger partial charge in [0, 0.05) is 43.3 Å². The summed E-state index contributed by atoms with van der Waals surface area (Å²) in [5.41, 5.74) is 2.97. The zero-order valence-corrected chi connectivity index (χ0v) is 14.6. The largest absolute Gasteiger partial charge is 0.382 e. The van der Waals surface area contributed by atoms with Crippen LogP contribution in [0.3, 0.4) is 0 Å². The summed E-state index contributed by atoms with van der Waals surface area (Å²) in [5.74, 6) is 0.0521. The van der Waals surface area contributed by atoms with Gasteiger partial charge in [-0.1, -0.05) is 11.6 Å². The van der Waals surface area contributed by atoms with Gasteiger partial charge >= 0.3 is 0 Å². The molecule has 0 bridgehead atoms. The number of benzene rings is 1. The van der Waals surface area contributed by atoms with Crippen LogP contribution < -0.4 is 5.32 Å². The molecule has 0 saturated heterocycles. The Morgan fingerprint density at radius 2 is 2.18 bits per heavy atom. The Bertz CT molecular complexity index is 640. The molecule has 1 aliphatic heterocycles. The number of carbonyl (C=O) groups excluding carboxylic acids is 1. The Kier molecular flexibility index (Phi) is 4.28. The first-order valence-corrected chi connectivity index (χ1v) is 8.52. The van der Waals surface area contributed by atoms with Crippen molar-refractivity contribution < 1.29 is 4.79 Å². The molecule has 1 aliphatic carbocycles. The number of hydrogen-bond acceptors (Lipinski definition) is 4. The van der Waals surface area contributed by atoms with E-state index in [1.807, 2.05) is 11.4 Å². The molecule has 1 fully saturated rings. The maximum atomic E-state index is 12.0. The number of nitrogens with one attached hydrogen (secondary N) is 1. The molecule has 6 heteroatoms. The number of hydrogen-bond donors (Lipinski definition) is 1. The average Bonchev–Trinajstić information content (AvgIpc) is 3.28. The molecule has 3 rings (SSSR count). The summed E-state index contributed by atoms with van der Waals surface area (Å²) >= 11 is 8.22. The number of carbonyl (C=O) groups is 1. The van der Waals surface area contributed by atoms with E-state index in [2.05, 4.69) is 23.5 Å². The number of nitrogens with zero attached hydrogens (tertiary/aromatic N) is 2. The highest BCUT2D eigenvalue weighted by Crippen LogP contribution is 2.44. The summed E-state index contributed by atoms with van der Waals surface area (Å²) in [4.78, 5) is 14.7. The van der Waals surface area contributed by atoms with Crippen molar-refractivity contribution in [2.45, 2.75) is 30.2 Å². The number of fused-ring (bicyclic) bond motifs is 1. The SMILES string of the molecule is CN(C)C(=O)CC1=C(Cl)c2cc(NC3CC3)ccc2SN1C. The minimum atomic E-state index is 0.0521. The number of anilines is 1. The summed E-state index contributed by atoms with van der Waals surface area (Å²) < 4.78 is 1.99. The Morgan fingerprint density at radius 3 is 2.82 bits per heavy atom. The van der Waals surface area contributed by atoms with Crippen LogP contribution in [0.2, 0.25) is 0 Å². The van der Waals surface area contributed by atoms with Crippen LogP contribution in [0.25, 0.3) is 5.03 Å². The number of amides is 1. The fraction of sp³-hybridized carbons (Fsp3) is 0.438. The summed E-state index contributed by atoms with van der Waals surface area (Å²) in [6.45, 7) is 0. The van der Waals surface area contributed by atoms with Crippen molar-refractivity contribution >= 4 is 40.2 Å². The third kappa shape index (κ3) is 3.20. The molecule has 1 aromatic carbocycles. The number of halogens is 1. The van der Waals surface area contributed by atoms with E-state index in [1.165, 1.54) is 12.8 Å². The van der Waals surface area contributed by atoms with E-state index in [9.17, 15) is 4.79 Å². The van der Waals surface area contributed by atoms with Crippen LogP contribution in [0.1, 0.15) is 24.8 Å². The molecule has 4 nitrogen and oxygen atoms in total. The zero-order chi connectivity index (χ0) is 15.9. The first kappa shape index (κ1) is 15.6. The van der Waals surface area contributed by atoms with Gasteiger partial charge in [-0.3, -0.25) is 4.79 Å². The second-order valence-electron chi connectivity index (χ2n) is 5.94. The van der Waals surface area contributed by atoms with Gasteiger partial charge in [0.25, 0.3) is 0 Å². The van der Waals surface area contributed by atoms with Crippen LogP contribution in [0, 0.1) is 0 Å². The molecule has 118 valence electrons. The molecule has 1 heterocycles. The normalized spacial score (nSPS) is 17.4. The Labute approximate surface area is 140 Å². The third-order valence-corrected chi connectivity index (χ3v) is 5.32. The first-order valence-electron chi connectivity index (χ1n) is 7.37. The maximum Gasteiger partial charge on any atom is 0.228 e. The minimum absolute atomic E-state index is 0.0521. The summed E-state index contributed by atoms with van der Waals surface area (Å²) in [5, 5.41) is 4.16. The van der Waals surface area contributed by atoms with Crippen LogP contribution in [-0.2, 0) is 4.79 Å². The fourth-order valence-electron chi connectivity index (χ4n) is 2.32. The van der Waals surface area contributed by atoms with Crippen molar-refractivity contribution in [1.29, 1.82) is 0 Å². The average molecular weight is 338 g/mol. The van der Waals surface area contributed by atoms with Crippen molar-refractivity contribution in [3.05, 3.63) is 29.5 Å². The highest BCUT2D eigenvalue weighted by atomic mass is 35.5. The maximum absolute atomic E-state index is 12.0. The summed E-state index contributed by atoms with van der Waals surface area (Å²) in [7, 11) is 5.47. The molecule has 0 aromatic heterocycles.